The fourth-order valence-corrected chi connectivity index (χ4v) is 3.47. The van der Waals surface area contributed by atoms with Gasteiger partial charge in [0.2, 0.25) is 0 Å². The summed E-state index contributed by atoms with van der Waals surface area (Å²) >= 11 is 5.75. The monoisotopic (exact) mass is 309 g/mol. The molecule has 1 atom stereocenters. The number of carboxylic acid groups (broad SMARTS) is 1. The number of nitrogens with one attached hydrogen (secondary N) is 1. The molecule has 108 valence electrons. The molecule has 0 aliphatic heterocycles. The maximum Gasteiger partial charge on any atom is 0.321 e. The maximum atomic E-state index is 12.1. The number of aliphatic carboxylic acids is 1. The third-order valence-corrected chi connectivity index (χ3v) is 4.52. The Bertz CT molecular complexity index is 536. The molecular formula is C10H16ClN3O4S. The summed E-state index contributed by atoms with van der Waals surface area (Å²) in [6.07, 6.45) is 2.80. The van der Waals surface area contributed by atoms with Gasteiger partial charge in [-0.15, -0.1) is 0 Å². The van der Waals surface area contributed by atoms with Crippen molar-refractivity contribution in [2.45, 2.75) is 37.3 Å². The van der Waals surface area contributed by atoms with Gasteiger partial charge in [-0.1, -0.05) is 31.4 Å². The van der Waals surface area contributed by atoms with E-state index >= 15 is 0 Å². The third kappa shape index (κ3) is 3.92. The molecule has 19 heavy (non-hydrogen) atoms. The molecule has 0 bridgehead atoms. The van der Waals surface area contributed by atoms with Gasteiger partial charge < -0.3 is 5.11 Å². The van der Waals surface area contributed by atoms with Crippen LogP contribution in [-0.4, -0.2) is 35.3 Å². The quantitative estimate of drug-likeness (QED) is 0.782. The fraction of sp³-hybridized carbons (Fsp3) is 0.600. The zero-order valence-electron chi connectivity index (χ0n) is 10.6. The van der Waals surface area contributed by atoms with Crippen LogP contribution in [-0.2, 0) is 21.9 Å². The molecule has 1 aromatic rings. The van der Waals surface area contributed by atoms with E-state index in [1.54, 1.807) is 0 Å². The zero-order chi connectivity index (χ0) is 14.6. The maximum absolute atomic E-state index is 12.1. The molecule has 0 amide bonds. The molecule has 0 fully saturated rings. The van der Waals surface area contributed by atoms with E-state index in [9.17, 15) is 13.2 Å². The molecular weight excluding hydrogens is 294 g/mol. The Morgan fingerprint density at radius 1 is 1.63 bits per heavy atom. The van der Waals surface area contributed by atoms with E-state index in [4.69, 9.17) is 16.7 Å². The number of carbonyl (C=O) groups is 1. The molecule has 7 nitrogen and oxygen atoms in total. The van der Waals surface area contributed by atoms with Crippen molar-refractivity contribution in [2.24, 2.45) is 7.05 Å². The Balaban J connectivity index is 2.98. The van der Waals surface area contributed by atoms with Crippen molar-refractivity contribution in [3.05, 3.63) is 11.2 Å². The van der Waals surface area contributed by atoms with Crippen LogP contribution in [0.4, 0.5) is 0 Å². The number of carboxylic acids is 1. The largest absolute Gasteiger partial charge is 0.480 e. The number of nitrogens with zero attached hydrogens (tertiary/aromatic N) is 2. The van der Waals surface area contributed by atoms with Crippen LogP contribution >= 0.6 is 11.6 Å². The van der Waals surface area contributed by atoms with Crippen LogP contribution < -0.4 is 4.72 Å². The number of aryl methyl sites for hydroxylation is 1. The summed E-state index contributed by atoms with van der Waals surface area (Å²) in [6.45, 7) is 1.89. The third-order valence-electron chi connectivity index (χ3n) is 2.54. The topological polar surface area (TPSA) is 101 Å². The van der Waals surface area contributed by atoms with Crippen molar-refractivity contribution in [2.75, 3.05) is 0 Å². The minimum Gasteiger partial charge on any atom is -0.480 e. The van der Waals surface area contributed by atoms with E-state index in [2.05, 4.69) is 9.82 Å². The van der Waals surface area contributed by atoms with Gasteiger partial charge in [-0.3, -0.25) is 9.48 Å². The number of hydrogen-bond acceptors (Lipinski definition) is 4. The molecule has 2 N–H and O–H groups in total. The van der Waals surface area contributed by atoms with Gasteiger partial charge in [0.15, 0.2) is 5.03 Å². The second-order valence-corrected chi connectivity index (χ2v) is 6.11. The molecule has 0 radical (unpaired) electrons. The van der Waals surface area contributed by atoms with E-state index in [0.29, 0.717) is 6.42 Å². The number of hydrogen-bond donors (Lipinski definition) is 2. The first-order valence-electron chi connectivity index (χ1n) is 5.72. The molecule has 1 aromatic heterocycles. The standard InChI is InChI=1S/C10H16ClN3O4S/c1-3-4-5-8(10(15)16)13-19(17,18)9-7(11)6-12-14(9)2/h6,8,13H,3-5H2,1-2H3,(H,15,16). The lowest BCUT2D eigenvalue weighted by molar-refractivity contribution is -0.139. The number of aromatic nitrogens is 2. The molecule has 0 aliphatic rings. The van der Waals surface area contributed by atoms with Crippen LogP contribution in [0.15, 0.2) is 11.2 Å². The van der Waals surface area contributed by atoms with Crippen LogP contribution in [0.3, 0.4) is 0 Å². The average Bonchev–Trinajstić information content (AvgIpc) is 2.64. The first kappa shape index (κ1) is 15.9. The van der Waals surface area contributed by atoms with E-state index in [1.807, 2.05) is 6.92 Å². The minimum atomic E-state index is -4.02. The second-order valence-electron chi connectivity index (χ2n) is 4.08. The lowest BCUT2D eigenvalue weighted by Crippen LogP contribution is -2.41. The Morgan fingerprint density at radius 2 is 2.26 bits per heavy atom. The lowest BCUT2D eigenvalue weighted by Gasteiger charge is -2.14. The molecule has 0 saturated heterocycles. The van der Waals surface area contributed by atoms with Gasteiger partial charge in [0.25, 0.3) is 10.0 Å². The molecule has 0 aliphatic carbocycles. The molecule has 1 rings (SSSR count). The lowest BCUT2D eigenvalue weighted by atomic mass is 10.1. The highest BCUT2D eigenvalue weighted by atomic mass is 35.5. The van der Waals surface area contributed by atoms with Gasteiger partial charge in [0.1, 0.15) is 6.04 Å². The molecule has 0 aromatic carbocycles. The summed E-state index contributed by atoms with van der Waals surface area (Å²) in [4.78, 5) is 11.0. The van der Waals surface area contributed by atoms with E-state index in [0.717, 1.165) is 11.1 Å². The summed E-state index contributed by atoms with van der Waals surface area (Å²) in [7, 11) is -2.60. The van der Waals surface area contributed by atoms with Gasteiger partial charge in [-0.2, -0.15) is 9.82 Å². The zero-order valence-corrected chi connectivity index (χ0v) is 12.2. The highest BCUT2D eigenvalue weighted by Gasteiger charge is 2.29. The fourth-order valence-electron chi connectivity index (χ4n) is 1.59. The number of rotatable bonds is 7. The molecule has 9 heteroatoms. The smallest absolute Gasteiger partial charge is 0.321 e. The van der Waals surface area contributed by atoms with Gasteiger partial charge in [0, 0.05) is 7.05 Å². The highest BCUT2D eigenvalue weighted by Crippen LogP contribution is 2.20. The van der Waals surface area contributed by atoms with Crippen LogP contribution in [0.1, 0.15) is 26.2 Å². The summed E-state index contributed by atoms with van der Waals surface area (Å²) in [6, 6.07) is -1.17. The summed E-state index contributed by atoms with van der Waals surface area (Å²) in [5.41, 5.74) is 0. The van der Waals surface area contributed by atoms with Gasteiger partial charge >= 0.3 is 5.97 Å². The van der Waals surface area contributed by atoms with Crippen molar-refractivity contribution in [1.29, 1.82) is 0 Å². The highest BCUT2D eigenvalue weighted by molar-refractivity contribution is 7.89. The normalized spacial score (nSPS) is 13.4. The van der Waals surface area contributed by atoms with Crippen LogP contribution in [0.25, 0.3) is 0 Å². The predicted molar refractivity (Wildman–Crippen MR) is 69.5 cm³/mol. The van der Waals surface area contributed by atoms with Crippen molar-refractivity contribution < 1.29 is 18.3 Å². The van der Waals surface area contributed by atoms with Crippen LogP contribution in [0.5, 0.6) is 0 Å². The van der Waals surface area contributed by atoms with Crippen molar-refractivity contribution >= 4 is 27.6 Å². The first-order valence-corrected chi connectivity index (χ1v) is 7.58. The van der Waals surface area contributed by atoms with Crippen LogP contribution in [0.2, 0.25) is 5.02 Å². The van der Waals surface area contributed by atoms with Crippen LogP contribution in [0, 0.1) is 0 Å². The molecule has 1 heterocycles. The summed E-state index contributed by atoms with van der Waals surface area (Å²) in [5.74, 6) is -1.21. The van der Waals surface area contributed by atoms with Crippen molar-refractivity contribution in [1.82, 2.24) is 14.5 Å². The SMILES string of the molecule is CCCCC(NS(=O)(=O)c1c(Cl)cnn1C)C(=O)O. The molecule has 0 spiro atoms. The molecule has 0 saturated carbocycles. The van der Waals surface area contributed by atoms with E-state index < -0.39 is 22.0 Å². The van der Waals surface area contributed by atoms with Gasteiger partial charge in [-0.05, 0) is 6.42 Å². The van der Waals surface area contributed by atoms with Crippen molar-refractivity contribution in [3.63, 3.8) is 0 Å². The number of halogens is 1. The predicted octanol–water partition coefficient (Wildman–Crippen LogP) is 0.995. The average molecular weight is 310 g/mol. The Kier molecular flexibility index (Phi) is 5.33. The van der Waals surface area contributed by atoms with E-state index in [1.165, 1.54) is 13.2 Å². The second kappa shape index (κ2) is 6.36. The van der Waals surface area contributed by atoms with Crippen molar-refractivity contribution in [3.8, 4) is 0 Å². The Labute approximate surface area is 116 Å². The Hall–Kier alpha value is -1.12. The molecule has 1 unspecified atom stereocenters. The Morgan fingerprint density at radius 3 is 2.68 bits per heavy atom. The van der Waals surface area contributed by atoms with Gasteiger partial charge in [0.05, 0.1) is 11.2 Å². The van der Waals surface area contributed by atoms with Gasteiger partial charge in [-0.25, -0.2) is 8.42 Å². The number of unbranched alkanes of at least 4 members (excludes halogenated alkanes) is 1. The minimum absolute atomic E-state index is 0.0466. The first-order chi connectivity index (χ1) is 8.79. The summed E-state index contributed by atoms with van der Waals surface area (Å²) in [5, 5.41) is 12.4. The number of sulfonamides is 1. The van der Waals surface area contributed by atoms with E-state index in [-0.39, 0.29) is 16.5 Å². The summed E-state index contributed by atoms with van der Waals surface area (Å²) < 4.78 is 27.4.